The first-order valence-electron chi connectivity index (χ1n) is 8.39. The normalized spacial score (nSPS) is 33.5. The minimum atomic E-state index is -0.253. The van der Waals surface area contributed by atoms with Crippen LogP contribution < -0.4 is 5.32 Å². The molecule has 0 spiro atoms. The molecule has 0 aromatic rings. The molecule has 2 heterocycles. The topological polar surface area (TPSA) is 41.6 Å². The van der Waals surface area contributed by atoms with Gasteiger partial charge in [-0.1, -0.05) is 13.3 Å². The summed E-state index contributed by atoms with van der Waals surface area (Å²) in [6, 6.07) is 0.513. The van der Waals surface area contributed by atoms with Gasteiger partial charge in [0.1, 0.15) is 0 Å². The average molecular weight is 280 g/mol. The molecular weight excluding hydrogens is 252 g/mol. The maximum absolute atomic E-state index is 13.1. The molecule has 1 N–H and O–H groups in total. The molecule has 0 bridgehead atoms. The minimum Gasteiger partial charge on any atom is -0.381 e. The summed E-state index contributed by atoms with van der Waals surface area (Å²) in [4.78, 5) is 15.4. The fraction of sp³-hybridized carbons (Fsp3) is 0.938. The van der Waals surface area contributed by atoms with Crippen LogP contribution in [-0.4, -0.2) is 48.7 Å². The van der Waals surface area contributed by atoms with Gasteiger partial charge in [-0.2, -0.15) is 0 Å². The Labute approximate surface area is 122 Å². The predicted molar refractivity (Wildman–Crippen MR) is 78.5 cm³/mol. The molecule has 4 nitrogen and oxygen atoms in total. The van der Waals surface area contributed by atoms with Gasteiger partial charge in [0.05, 0.1) is 12.1 Å². The van der Waals surface area contributed by atoms with Gasteiger partial charge in [-0.15, -0.1) is 0 Å². The summed E-state index contributed by atoms with van der Waals surface area (Å²) in [6.45, 7) is 5.80. The van der Waals surface area contributed by atoms with Gasteiger partial charge in [0.15, 0.2) is 0 Å². The third kappa shape index (κ3) is 2.86. The van der Waals surface area contributed by atoms with Crippen molar-refractivity contribution in [2.45, 2.75) is 63.5 Å². The van der Waals surface area contributed by atoms with Gasteiger partial charge < -0.3 is 15.0 Å². The summed E-state index contributed by atoms with van der Waals surface area (Å²) in [5.74, 6) is 0.936. The Balaban J connectivity index is 1.70. The first-order chi connectivity index (χ1) is 9.75. The number of hydrogen-bond acceptors (Lipinski definition) is 3. The van der Waals surface area contributed by atoms with E-state index in [2.05, 4.69) is 17.1 Å². The quantitative estimate of drug-likeness (QED) is 0.808. The highest BCUT2D eigenvalue weighted by Crippen LogP contribution is 2.34. The molecule has 20 heavy (non-hydrogen) atoms. The molecule has 0 aromatic carbocycles. The summed E-state index contributed by atoms with van der Waals surface area (Å²) >= 11 is 0. The zero-order chi connectivity index (χ0) is 14.0. The number of nitrogens with zero attached hydrogens (tertiary/aromatic N) is 1. The van der Waals surface area contributed by atoms with Crippen molar-refractivity contribution >= 4 is 5.91 Å². The van der Waals surface area contributed by atoms with Crippen molar-refractivity contribution in [2.24, 2.45) is 5.92 Å². The third-order valence-electron chi connectivity index (χ3n) is 5.06. The number of nitrogens with one attached hydrogen (secondary N) is 1. The number of carbonyl (C=O) groups is 1. The van der Waals surface area contributed by atoms with E-state index >= 15 is 0 Å². The van der Waals surface area contributed by atoms with Gasteiger partial charge in [0.2, 0.25) is 5.91 Å². The Kier molecular flexibility index (Phi) is 4.32. The first kappa shape index (κ1) is 14.3. The highest BCUT2D eigenvalue weighted by Gasteiger charge is 2.46. The lowest BCUT2D eigenvalue weighted by Gasteiger charge is -2.36. The van der Waals surface area contributed by atoms with Gasteiger partial charge in [-0.3, -0.25) is 4.79 Å². The average Bonchev–Trinajstić information content (AvgIpc) is 2.97. The Morgan fingerprint density at radius 1 is 1.40 bits per heavy atom. The van der Waals surface area contributed by atoms with Crippen molar-refractivity contribution in [1.29, 1.82) is 0 Å². The molecule has 4 heteroatoms. The lowest BCUT2D eigenvalue weighted by molar-refractivity contribution is -0.139. The molecule has 1 saturated carbocycles. The Morgan fingerprint density at radius 2 is 2.25 bits per heavy atom. The van der Waals surface area contributed by atoms with E-state index in [4.69, 9.17) is 4.74 Å². The van der Waals surface area contributed by atoms with Crippen LogP contribution in [0.4, 0.5) is 0 Å². The second kappa shape index (κ2) is 6.02. The van der Waals surface area contributed by atoms with E-state index in [9.17, 15) is 4.79 Å². The van der Waals surface area contributed by atoms with E-state index in [-0.39, 0.29) is 5.54 Å². The first-order valence-corrected chi connectivity index (χ1v) is 8.39. The molecule has 1 amide bonds. The predicted octanol–water partition coefficient (Wildman–Crippen LogP) is 1.94. The number of amides is 1. The molecule has 114 valence electrons. The van der Waals surface area contributed by atoms with E-state index in [0.29, 0.717) is 17.9 Å². The van der Waals surface area contributed by atoms with Gasteiger partial charge in [-0.05, 0) is 45.1 Å². The zero-order valence-corrected chi connectivity index (χ0v) is 12.7. The van der Waals surface area contributed by atoms with Crippen LogP contribution in [0.15, 0.2) is 0 Å². The summed E-state index contributed by atoms with van der Waals surface area (Å²) in [7, 11) is 0. The fourth-order valence-corrected chi connectivity index (χ4v) is 3.80. The van der Waals surface area contributed by atoms with Crippen LogP contribution in [0.25, 0.3) is 0 Å². The van der Waals surface area contributed by atoms with Crippen molar-refractivity contribution in [2.75, 3.05) is 26.3 Å². The van der Waals surface area contributed by atoms with E-state index < -0.39 is 0 Å². The maximum Gasteiger partial charge on any atom is 0.243 e. The second-order valence-corrected chi connectivity index (χ2v) is 6.78. The van der Waals surface area contributed by atoms with Crippen molar-refractivity contribution in [3.05, 3.63) is 0 Å². The van der Waals surface area contributed by atoms with E-state index in [1.807, 2.05) is 0 Å². The SMILES string of the molecule is CCCC1(C(=O)N(CC2CCOC2)C2CC2)CCCN1. The molecule has 0 aromatic heterocycles. The largest absolute Gasteiger partial charge is 0.381 e. The number of hydrogen-bond donors (Lipinski definition) is 1. The van der Waals surface area contributed by atoms with Crippen molar-refractivity contribution < 1.29 is 9.53 Å². The fourth-order valence-electron chi connectivity index (χ4n) is 3.80. The maximum atomic E-state index is 13.1. The van der Waals surface area contributed by atoms with Crippen LogP contribution in [0.5, 0.6) is 0 Å². The van der Waals surface area contributed by atoms with Gasteiger partial charge >= 0.3 is 0 Å². The smallest absolute Gasteiger partial charge is 0.243 e. The second-order valence-electron chi connectivity index (χ2n) is 6.78. The Morgan fingerprint density at radius 3 is 2.80 bits per heavy atom. The van der Waals surface area contributed by atoms with E-state index in [0.717, 1.165) is 58.4 Å². The summed E-state index contributed by atoms with van der Waals surface area (Å²) in [5, 5.41) is 3.54. The molecule has 2 saturated heterocycles. The van der Waals surface area contributed by atoms with Crippen LogP contribution in [0, 0.1) is 5.92 Å². The van der Waals surface area contributed by atoms with Crippen LogP contribution in [0.2, 0.25) is 0 Å². The molecule has 2 aliphatic heterocycles. The van der Waals surface area contributed by atoms with Crippen LogP contribution in [0.1, 0.15) is 51.9 Å². The van der Waals surface area contributed by atoms with E-state index in [1.165, 1.54) is 12.8 Å². The van der Waals surface area contributed by atoms with Crippen LogP contribution in [0.3, 0.4) is 0 Å². The lowest BCUT2D eigenvalue weighted by Crippen LogP contribution is -2.56. The van der Waals surface area contributed by atoms with Gasteiger partial charge in [-0.25, -0.2) is 0 Å². The molecule has 3 aliphatic rings. The Hall–Kier alpha value is -0.610. The minimum absolute atomic E-state index is 0.253. The summed E-state index contributed by atoms with van der Waals surface area (Å²) in [6.07, 6.45) is 7.72. The molecular formula is C16H28N2O2. The highest BCUT2D eigenvalue weighted by molar-refractivity contribution is 5.87. The number of ether oxygens (including phenoxy) is 1. The summed E-state index contributed by atoms with van der Waals surface area (Å²) < 4.78 is 5.48. The highest BCUT2D eigenvalue weighted by atomic mass is 16.5. The molecule has 1 aliphatic carbocycles. The van der Waals surface area contributed by atoms with Crippen molar-refractivity contribution in [3.8, 4) is 0 Å². The molecule has 2 unspecified atom stereocenters. The van der Waals surface area contributed by atoms with Crippen LogP contribution >= 0.6 is 0 Å². The monoisotopic (exact) mass is 280 g/mol. The van der Waals surface area contributed by atoms with Gasteiger partial charge in [0, 0.05) is 25.1 Å². The number of rotatable bonds is 6. The van der Waals surface area contributed by atoms with E-state index in [1.54, 1.807) is 0 Å². The molecule has 2 atom stereocenters. The summed E-state index contributed by atoms with van der Waals surface area (Å²) in [5.41, 5.74) is -0.253. The molecule has 0 radical (unpaired) electrons. The Bertz CT molecular complexity index is 342. The van der Waals surface area contributed by atoms with Crippen molar-refractivity contribution in [3.63, 3.8) is 0 Å². The third-order valence-corrected chi connectivity index (χ3v) is 5.06. The van der Waals surface area contributed by atoms with Gasteiger partial charge in [0.25, 0.3) is 0 Å². The van der Waals surface area contributed by atoms with Crippen molar-refractivity contribution in [1.82, 2.24) is 10.2 Å². The zero-order valence-electron chi connectivity index (χ0n) is 12.7. The van der Waals surface area contributed by atoms with Crippen LogP contribution in [-0.2, 0) is 9.53 Å². The molecule has 3 rings (SSSR count). The number of carbonyl (C=O) groups excluding carboxylic acids is 1. The standard InChI is InChI=1S/C16H28N2O2/c1-2-7-16(8-3-9-17-16)15(19)18(14-4-5-14)11-13-6-10-20-12-13/h13-14,17H,2-12H2,1H3. The molecule has 3 fully saturated rings. The lowest BCUT2D eigenvalue weighted by atomic mass is 9.89.